The number of fused-ring (bicyclic) bond motifs is 1. The fraction of sp³-hybridized carbons (Fsp3) is 0.632. The number of carbonyl (C=O) groups is 1. The number of halogens is 1. The third-order valence-electron chi connectivity index (χ3n) is 5.35. The molecule has 1 fully saturated rings. The molecule has 0 bridgehead atoms. The highest BCUT2D eigenvalue weighted by molar-refractivity contribution is 5.85. The largest absolute Gasteiger partial charge is 0.481 e. The van der Waals surface area contributed by atoms with E-state index in [9.17, 15) is 4.79 Å². The van der Waals surface area contributed by atoms with E-state index in [1.54, 1.807) is 0 Å². The number of hydrogen-bond donors (Lipinski definition) is 2. The highest BCUT2D eigenvalue weighted by Gasteiger charge is 2.32. The van der Waals surface area contributed by atoms with Crippen LogP contribution in [0.2, 0.25) is 0 Å². The number of para-hydroxylation sites is 1. The Hall–Kier alpha value is -1.26. The Morgan fingerprint density at radius 3 is 2.67 bits per heavy atom. The SMILES string of the molecule is C[C@H]1Oc2ccccc2CCCCC2(CCNCC2)CNC1=O.Cl. The number of rotatable bonds is 0. The standard InChI is InChI=1S/C19H28N2O2.ClH/c1-15-18(22)21-14-19(10-12-20-13-11-19)9-5-4-7-16-6-2-3-8-17(16)23-15;/h2-3,6,8,15,20H,4-5,7,9-14H2,1H3,(H,21,22);1H/t15-;/m1./s1. The van der Waals surface area contributed by atoms with Crippen LogP contribution in [0.3, 0.4) is 0 Å². The monoisotopic (exact) mass is 352 g/mol. The van der Waals surface area contributed by atoms with E-state index in [-0.39, 0.29) is 23.7 Å². The molecule has 1 aromatic carbocycles. The second kappa shape index (κ2) is 8.72. The lowest BCUT2D eigenvalue weighted by atomic mass is 9.74. The molecule has 24 heavy (non-hydrogen) atoms. The third kappa shape index (κ3) is 4.64. The van der Waals surface area contributed by atoms with E-state index in [0.717, 1.165) is 44.6 Å². The Balaban J connectivity index is 0.00000208. The first kappa shape index (κ1) is 19.1. The van der Waals surface area contributed by atoms with Crippen molar-refractivity contribution in [3.63, 3.8) is 0 Å². The lowest BCUT2D eigenvalue weighted by Gasteiger charge is -2.38. The predicted molar refractivity (Wildman–Crippen MR) is 98.9 cm³/mol. The Bertz CT molecular complexity index is 544. The van der Waals surface area contributed by atoms with Crippen LogP contribution in [-0.4, -0.2) is 31.6 Å². The van der Waals surface area contributed by atoms with Gasteiger partial charge in [0, 0.05) is 6.54 Å². The van der Waals surface area contributed by atoms with E-state index in [1.165, 1.54) is 24.8 Å². The summed E-state index contributed by atoms with van der Waals surface area (Å²) in [4.78, 5) is 12.4. The van der Waals surface area contributed by atoms with E-state index in [2.05, 4.69) is 16.7 Å². The van der Waals surface area contributed by atoms with Crippen molar-refractivity contribution in [2.24, 2.45) is 5.41 Å². The molecule has 1 spiro atoms. The van der Waals surface area contributed by atoms with E-state index < -0.39 is 6.10 Å². The first-order valence-corrected chi connectivity index (χ1v) is 8.92. The van der Waals surface area contributed by atoms with E-state index in [0.29, 0.717) is 0 Å². The zero-order valence-electron chi connectivity index (χ0n) is 14.5. The van der Waals surface area contributed by atoms with Crippen LogP contribution in [0.15, 0.2) is 24.3 Å². The van der Waals surface area contributed by atoms with Crippen molar-refractivity contribution in [3.05, 3.63) is 29.8 Å². The van der Waals surface area contributed by atoms with Crippen molar-refractivity contribution >= 4 is 18.3 Å². The number of ether oxygens (including phenoxy) is 1. The fourth-order valence-electron chi connectivity index (χ4n) is 3.78. The van der Waals surface area contributed by atoms with E-state index >= 15 is 0 Å². The molecular formula is C19H29ClN2O2. The molecule has 0 unspecified atom stereocenters. The van der Waals surface area contributed by atoms with Crippen LogP contribution in [0.4, 0.5) is 0 Å². The van der Waals surface area contributed by atoms with E-state index in [4.69, 9.17) is 4.74 Å². The first-order chi connectivity index (χ1) is 11.2. The highest BCUT2D eigenvalue weighted by Crippen LogP contribution is 2.34. The summed E-state index contributed by atoms with van der Waals surface area (Å²) in [7, 11) is 0. The number of aryl methyl sites for hydroxylation is 1. The van der Waals surface area contributed by atoms with Gasteiger partial charge in [-0.1, -0.05) is 24.6 Å². The average Bonchev–Trinajstić information content (AvgIpc) is 2.58. The van der Waals surface area contributed by atoms with Gasteiger partial charge >= 0.3 is 0 Å². The molecule has 5 heteroatoms. The van der Waals surface area contributed by atoms with Gasteiger partial charge in [0.1, 0.15) is 5.75 Å². The molecule has 1 amide bonds. The van der Waals surface area contributed by atoms with Crippen LogP contribution < -0.4 is 15.4 Å². The van der Waals surface area contributed by atoms with Gasteiger partial charge in [-0.15, -0.1) is 12.4 Å². The number of nitrogens with one attached hydrogen (secondary N) is 2. The van der Waals surface area contributed by atoms with E-state index in [1.807, 2.05) is 25.1 Å². The van der Waals surface area contributed by atoms with Crippen LogP contribution in [0, 0.1) is 5.41 Å². The number of carbonyl (C=O) groups excluding carboxylic acids is 1. The lowest BCUT2D eigenvalue weighted by Crippen LogP contribution is -2.47. The quantitative estimate of drug-likeness (QED) is 0.754. The van der Waals surface area contributed by atoms with Gasteiger partial charge in [-0.05, 0) is 69.2 Å². The van der Waals surface area contributed by atoms with Crippen LogP contribution in [0.25, 0.3) is 0 Å². The molecule has 1 saturated heterocycles. The molecule has 1 aromatic rings. The maximum absolute atomic E-state index is 12.4. The molecule has 0 radical (unpaired) electrons. The van der Waals surface area contributed by atoms with Gasteiger partial charge in [0.2, 0.25) is 0 Å². The predicted octanol–water partition coefficient (Wildman–Crippen LogP) is 3.09. The summed E-state index contributed by atoms with van der Waals surface area (Å²) >= 11 is 0. The van der Waals surface area contributed by atoms with Gasteiger partial charge in [0.15, 0.2) is 6.10 Å². The van der Waals surface area contributed by atoms with Crippen LogP contribution in [0.1, 0.15) is 44.6 Å². The van der Waals surface area contributed by atoms with Crippen LogP contribution in [-0.2, 0) is 11.2 Å². The smallest absolute Gasteiger partial charge is 0.260 e. The Labute approximate surface area is 151 Å². The van der Waals surface area contributed by atoms with Crippen molar-refractivity contribution in [3.8, 4) is 5.75 Å². The first-order valence-electron chi connectivity index (χ1n) is 8.92. The Kier molecular flexibility index (Phi) is 6.93. The minimum Gasteiger partial charge on any atom is -0.481 e. The maximum atomic E-state index is 12.4. The molecule has 0 aliphatic carbocycles. The van der Waals surface area contributed by atoms with Gasteiger partial charge in [-0.25, -0.2) is 0 Å². The van der Waals surface area contributed by atoms with Gasteiger partial charge in [-0.2, -0.15) is 0 Å². The van der Waals surface area contributed by atoms with Crippen LogP contribution >= 0.6 is 12.4 Å². The molecule has 2 aliphatic heterocycles. The number of hydrogen-bond acceptors (Lipinski definition) is 3. The second-order valence-corrected chi connectivity index (χ2v) is 7.04. The minimum absolute atomic E-state index is 0. The zero-order valence-corrected chi connectivity index (χ0v) is 15.3. The molecule has 4 nitrogen and oxygen atoms in total. The molecule has 0 saturated carbocycles. The minimum atomic E-state index is -0.450. The summed E-state index contributed by atoms with van der Waals surface area (Å²) in [5.74, 6) is 0.852. The number of benzene rings is 1. The molecule has 2 aliphatic rings. The molecular weight excluding hydrogens is 324 g/mol. The lowest BCUT2D eigenvalue weighted by molar-refractivity contribution is -0.128. The molecule has 3 rings (SSSR count). The Morgan fingerprint density at radius 1 is 1.12 bits per heavy atom. The van der Waals surface area contributed by atoms with Crippen molar-refractivity contribution in [1.29, 1.82) is 0 Å². The summed E-state index contributed by atoms with van der Waals surface area (Å²) in [6.07, 6.45) is 6.47. The Morgan fingerprint density at radius 2 is 1.88 bits per heavy atom. The van der Waals surface area contributed by atoms with Crippen LogP contribution in [0.5, 0.6) is 5.75 Å². The average molecular weight is 353 g/mol. The van der Waals surface area contributed by atoms with Gasteiger partial charge < -0.3 is 15.4 Å². The molecule has 134 valence electrons. The van der Waals surface area contributed by atoms with Crippen molar-refractivity contribution in [2.45, 2.75) is 51.6 Å². The summed E-state index contributed by atoms with van der Waals surface area (Å²) in [6, 6.07) is 8.11. The second-order valence-electron chi connectivity index (χ2n) is 7.04. The third-order valence-corrected chi connectivity index (χ3v) is 5.35. The normalized spacial score (nSPS) is 24.4. The van der Waals surface area contributed by atoms with Gasteiger partial charge in [-0.3, -0.25) is 4.79 Å². The highest BCUT2D eigenvalue weighted by atomic mass is 35.5. The molecule has 0 aromatic heterocycles. The molecule has 2 N–H and O–H groups in total. The molecule has 1 atom stereocenters. The summed E-state index contributed by atoms with van der Waals surface area (Å²) in [6.45, 7) is 4.74. The fourth-order valence-corrected chi connectivity index (χ4v) is 3.78. The summed E-state index contributed by atoms with van der Waals surface area (Å²) in [5.41, 5.74) is 1.48. The summed E-state index contributed by atoms with van der Waals surface area (Å²) in [5, 5.41) is 6.59. The zero-order chi connectivity index (χ0) is 16.1. The summed E-state index contributed by atoms with van der Waals surface area (Å²) < 4.78 is 5.93. The number of piperidine rings is 1. The van der Waals surface area contributed by atoms with Gasteiger partial charge in [0.05, 0.1) is 0 Å². The maximum Gasteiger partial charge on any atom is 0.260 e. The molecule has 2 heterocycles. The number of amides is 1. The van der Waals surface area contributed by atoms with Crippen molar-refractivity contribution in [2.75, 3.05) is 19.6 Å². The van der Waals surface area contributed by atoms with Crippen molar-refractivity contribution in [1.82, 2.24) is 10.6 Å². The van der Waals surface area contributed by atoms with Crippen molar-refractivity contribution < 1.29 is 9.53 Å². The van der Waals surface area contributed by atoms with Gasteiger partial charge in [0.25, 0.3) is 5.91 Å². The topological polar surface area (TPSA) is 50.4 Å².